The molecule has 0 aliphatic carbocycles. The minimum atomic E-state index is -0.971. The van der Waals surface area contributed by atoms with Crippen LogP contribution in [0.1, 0.15) is 17.4 Å². The minimum absolute atomic E-state index is 0.104. The molecule has 1 amide bonds. The molecule has 0 spiro atoms. The second-order valence-corrected chi connectivity index (χ2v) is 7.17. The van der Waals surface area contributed by atoms with Gasteiger partial charge < -0.3 is 19.0 Å². The van der Waals surface area contributed by atoms with E-state index in [1.165, 1.54) is 31.4 Å². The Kier molecular flexibility index (Phi) is 5.44. The Balaban J connectivity index is 1.91. The molecule has 2 heterocycles. The number of methoxy groups -OCH3 is 2. The average molecular weight is 440 g/mol. The predicted molar refractivity (Wildman–Crippen MR) is 114 cm³/mol. The molecule has 1 atom stereocenters. The molecule has 1 aliphatic rings. The number of hydrogen-bond donors (Lipinski definition) is 1. The number of halogens is 1. The molecule has 8 heteroatoms. The van der Waals surface area contributed by atoms with Crippen molar-refractivity contribution in [1.82, 2.24) is 0 Å². The summed E-state index contributed by atoms with van der Waals surface area (Å²) in [5, 5.41) is 11.5. The summed E-state index contributed by atoms with van der Waals surface area (Å²) in [5.41, 5.74) is 0.591. The van der Waals surface area contributed by atoms with Gasteiger partial charge in [0.05, 0.1) is 26.1 Å². The average Bonchev–Trinajstić information content (AvgIpc) is 3.39. The monoisotopic (exact) mass is 439 g/mol. The van der Waals surface area contributed by atoms with Crippen LogP contribution in [0.2, 0.25) is 5.02 Å². The van der Waals surface area contributed by atoms with Crippen molar-refractivity contribution in [3.63, 3.8) is 0 Å². The number of hydrogen-bond acceptors (Lipinski definition) is 6. The van der Waals surface area contributed by atoms with Crippen molar-refractivity contribution in [2.24, 2.45) is 0 Å². The number of anilines is 1. The highest BCUT2D eigenvalue weighted by atomic mass is 35.5. The number of nitrogens with zero attached hydrogens (tertiary/aromatic N) is 1. The van der Waals surface area contributed by atoms with Crippen LogP contribution in [0.5, 0.6) is 11.5 Å². The smallest absolute Gasteiger partial charge is 0.300 e. The lowest BCUT2D eigenvalue weighted by Crippen LogP contribution is -2.29. The summed E-state index contributed by atoms with van der Waals surface area (Å²) >= 11 is 6.10. The predicted octanol–water partition coefficient (Wildman–Crippen LogP) is 4.58. The fourth-order valence-corrected chi connectivity index (χ4v) is 3.76. The van der Waals surface area contributed by atoms with Crippen molar-refractivity contribution in [1.29, 1.82) is 0 Å². The van der Waals surface area contributed by atoms with Gasteiger partial charge in [-0.05, 0) is 48.5 Å². The van der Waals surface area contributed by atoms with Gasteiger partial charge in [-0.15, -0.1) is 0 Å². The first kappa shape index (κ1) is 20.6. The first-order valence-electron chi connectivity index (χ1n) is 9.28. The maximum absolute atomic E-state index is 13.0. The van der Waals surface area contributed by atoms with Crippen LogP contribution in [0, 0.1) is 0 Å². The second-order valence-electron chi connectivity index (χ2n) is 6.73. The zero-order chi connectivity index (χ0) is 22.1. The Morgan fingerprint density at radius 2 is 1.81 bits per heavy atom. The van der Waals surface area contributed by atoms with Crippen LogP contribution < -0.4 is 14.4 Å². The molecule has 1 N–H and O–H groups in total. The van der Waals surface area contributed by atoms with E-state index in [9.17, 15) is 14.7 Å². The van der Waals surface area contributed by atoms with E-state index in [0.29, 0.717) is 33.5 Å². The number of ether oxygens (including phenoxy) is 2. The van der Waals surface area contributed by atoms with Gasteiger partial charge in [-0.25, -0.2) is 0 Å². The van der Waals surface area contributed by atoms with Crippen molar-refractivity contribution < 1.29 is 28.6 Å². The lowest BCUT2D eigenvalue weighted by atomic mass is 9.99. The molecule has 3 aromatic rings. The topological polar surface area (TPSA) is 89.2 Å². The summed E-state index contributed by atoms with van der Waals surface area (Å²) in [6.07, 6.45) is 1.43. The molecule has 1 fully saturated rings. The number of aliphatic hydroxyl groups is 1. The lowest BCUT2D eigenvalue weighted by Gasteiger charge is -2.23. The number of ketones is 1. The zero-order valence-corrected chi connectivity index (χ0v) is 17.4. The molecule has 0 bridgehead atoms. The first-order valence-corrected chi connectivity index (χ1v) is 9.66. The number of aliphatic hydroxyl groups excluding tert-OH is 1. The van der Waals surface area contributed by atoms with Crippen LogP contribution in [0.15, 0.2) is 70.9 Å². The molecule has 0 saturated carbocycles. The number of Topliss-reactive ketones (excluding diaryl/α,β-unsaturated/α-hetero) is 1. The largest absolute Gasteiger partial charge is 0.507 e. The molecule has 158 valence electrons. The maximum atomic E-state index is 13.0. The standard InChI is InChI=1S/C23H18ClNO6/c1-29-16-9-8-13(11-18(16)30-2)21(26)19-20(17-7-4-10-31-17)25(23(28)22(19)27)15-6-3-5-14(24)12-15/h3-12,20,26H,1-2H3/b21-19-. The Bertz CT molecular complexity index is 1180. The van der Waals surface area contributed by atoms with Crippen molar-refractivity contribution in [3.05, 3.63) is 82.8 Å². The van der Waals surface area contributed by atoms with Gasteiger partial charge in [0, 0.05) is 16.3 Å². The summed E-state index contributed by atoms with van der Waals surface area (Å²) in [5.74, 6) is -0.850. The summed E-state index contributed by atoms with van der Waals surface area (Å²) < 4.78 is 16.0. The van der Waals surface area contributed by atoms with Crippen molar-refractivity contribution in [2.75, 3.05) is 19.1 Å². The molecule has 1 saturated heterocycles. The zero-order valence-electron chi connectivity index (χ0n) is 16.7. The third-order valence-corrected chi connectivity index (χ3v) is 5.24. The van der Waals surface area contributed by atoms with Crippen molar-refractivity contribution >= 4 is 34.7 Å². The fourth-order valence-electron chi connectivity index (χ4n) is 3.58. The molecule has 2 aromatic carbocycles. The normalized spacial score (nSPS) is 17.8. The Labute approximate surface area is 183 Å². The van der Waals surface area contributed by atoms with Gasteiger partial charge in [-0.2, -0.15) is 0 Å². The molecular weight excluding hydrogens is 422 g/mol. The van der Waals surface area contributed by atoms with Crippen LogP contribution in [0.25, 0.3) is 5.76 Å². The van der Waals surface area contributed by atoms with Gasteiger partial charge in [0.1, 0.15) is 17.6 Å². The van der Waals surface area contributed by atoms with E-state index in [0.717, 1.165) is 0 Å². The first-order chi connectivity index (χ1) is 15.0. The van der Waals surface area contributed by atoms with Gasteiger partial charge in [0.25, 0.3) is 11.7 Å². The van der Waals surface area contributed by atoms with Crippen LogP contribution >= 0.6 is 11.6 Å². The summed E-state index contributed by atoms with van der Waals surface area (Å²) in [7, 11) is 2.95. The Morgan fingerprint density at radius 1 is 1.03 bits per heavy atom. The molecule has 1 unspecified atom stereocenters. The molecule has 7 nitrogen and oxygen atoms in total. The van der Waals surface area contributed by atoms with Gasteiger partial charge in [-0.1, -0.05) is 17.7 Å². The van der Waals surface area contributed by atoms with Crippen LogP contribution in [-0.4, -0.2) is 31.0 Å². The number of furan rings is 1. The molecule has 4 rings (SSSR count). The Hall–Kier alpha value is -3.71. The fraction of sp³-hybridized carbons (Fsp3) is 0.130. The van der Waals surface area contributed by atoms with Crippen LogP contribution in [-0.2, 0) is 9.59 Å². The van der Waals surface area contributed by atoms with E-state index in [2.05, 4.69) is 0 Å². The molecule has 0 radical (unpaired) electrons. The minimum Gasteiger partial charge on any atom is -0.507 e. The summed E-state index contributed by atoms with van der Waals surface area (Å²) in [4.78, 5) is 27.3. The van der Waals surface area contributed by atoms with E-state index < -0.39 is 17.7 Å². The number of benzene rings is 2. The van der Waals surface area contributed by atoms with Crippen molar-refractivity contribution in [3.8, 4) is 11.5 Å². The Morgan fingerprint density at radius 3 is 2.45 bits per heavy atom. The molecular formula is C23H18ClNO6. The number of amides is 1. The highest BCUT2D eigenvalue weighted by molar-refractivity contribution is 6.51. The van der Waals surface area contributed by atoms with E-state index in [-0.39, 0.29) is 11.3 Å². The number of rotatable bonds is 5. The molecule has 1 aromatic heterocycles. The summed E-state index contributed by atoms with van der Waals surface area (Å²) in [6.45, 7) is 0. The highest BCUT2D eigenvalue weighted by Crippen LogP contribution is 2.43. The highest BCUT2D eigenvalue weighted by Gasteiger charge is 2.48. The van der Waals surface area contributed by atoms with Gasteiger partial charge in [0.15, 0.2) is 11.5 Å². The third kappa shape index (κ3) is 3.53. The van der Waals surface area contributed by atoms with Gasteiger partial charge in [-0.3, -0.25) is 14.5 Å². The lowest BCUT2D eigenvalue weighted by molar-refractivity contribution is -0.132. The van der Waals surface area contributed by atoms with Gasteiger partial charge >= 0.3 is 0 Å². The van der Waals surface area contributed by atoms with E-state index >= 15 is 0 Å². The second kappa shape index (κ2) is 8.20. The number of carbonyl (C=O) groups excluding carboxylic acids is 2. The van der Waals surface area contributed by atoms with Crippen molar-refractivity contribution in [2.45, 2.75) is 6.04 Å². The quantitative estimate of drug-likeness (QED) is 0.355. The van der Waals surface area contributed by atoms with Crippen LogP contribution in [0.3, 0.4) is 0 Å². The molecule has 31 heavy (non-hydrogen) atoms. The maximum Gasteiger partial charge on any atom is 0.300 e. The third-order valence-electron chi connectivity index (χ3n) is 5.00. The SMILES string of the molecule is COc1ccc(/C(O)=C2/C(=O)C(=O)N(c3cccc(Cl)c3)C2c2ccco2)cc1OC. The van der Waals surface area contributed by atoms with Crippen LogP contribution in [0.4, 0.5) is 5.69 Å². The molecule has 1 aliphatic heterocycles. The van der Waals surface area contributed by atoms with E-state index in [1.54, 1.807) is 48.5 Å². The summed E-state index contributed by atoms with van der Waals surface area (Å²) in [6, 6.07) is 13.6. The van der Waals surface area contributed by atoms with Gasteiger partial charge in [0.2, 0.25) is 0 Å². The number of carbonyl (C=O) groups is 2. The van der Waals surface area contributed by atoms with E-state index in [1.807, 2.05) is 0 Å². The van der Waals surface area contributed by atoms with E-state index in [4.69, 9.17) is 25.5 Å².